The lowest BCUT2D eigenvalue weighted by Gasteiger charge is -2.09. The van der Waals surface area contributed by atoms with Crippen molar-refractivity contribution in [1.29, 1.82) is 0 Å². The van der Waals surface area contributed by atoms with Gasteiger partial charge in [0.1, 0.15) is 0 Å². The fourth-order valence-corrected chi connectivity index (χ4v) is 2.06. The van der Waals surface area contributed by atoms with Crippen molar-refractivity contribution in [2.75, 3.05) is 0 Å². The molecule has 2 aromatic carbocycles. The van der Waals surface area contributed by atoms with Gasteiger partial charge in [-0.25, -0.2) is 4.39 Å². The summed E-state index contributed by atoms with van der Waals surface area (Å²) in [7, 11) is 0. The summed E-state index contributed by atoms with van der Waals surface area (Å²) in [6.45, 7) is 0.214. The van der Waals surface area contributed by atoms with Crippen LogP contribution in [0.1, 0.15) is 17.5 Å². The minimum absolute atomic E-state index is 0.0178. The molecule has 22 heavy (non-hydrogen) atoms. The van der Waals surface area contributed by atoms with Gasteiger partial charge >= 0.3 is 0 Å². The molecule has 4 heteroatoms. The zero-order valence-corrected chi connectivity index (χ0v) is 12.2. The van der Waals surface area contributed by atoms with E-state index in [9.17, 15) is 14.0 Å². The van der Waals surface area contributed by atoms with Gasteiger partial charge in [-0.2, -0.15) is 0 Å². The second-order valence-corrected chi connectivity index (χ2v) is 5.02. The maximum atomic E-state index is 13.8. The largest absolute Gasteiger partial charge is 0.349 e. The minimum atomic E-state index is -2.10. The highest BCUT2D eigenvalue weighted by Crippen LogP contribution is 2.06. The van der Waals surface area contributed by atoms with E-state index in [1.165, 1.54) is 0 Å². The Morgan fingerprint density at radius 2 is 1.45 bits per heavy atom. The number of benzene rings is 2. The average Bonchev–Trinajstić information content (AvgIpc) is 2.58. The molecule has 1 N–H and O–H groups in total. The van der Waals surface area contributed by atoms with Gasteiger partial charge in [-0.05, 0) is 17.5 Å². The Morgan fingerprint density at radius 3 is 2.05 bits per heavy atom. The summed E-state index contributed by atoms with van der Waals surface area (Å²) >= 11 is 0. The monoisotopic (exact) mass is 299 g/mol. The number of hydrogen-bond acceptors (Lipinski definition) is 2. The number of carbonyl (C=O) groups is 2. The van der Waals surface area contributed by atoms with Crippen LogP contribution in [-0.4, -0.2) is 17.9 Å². The number of amides is 1. The van der Waals surface area contributed by atoms with Crippen LogP contribution in [0, 0.1) is 0 Å². The van der Waals surface area contributed by atoms with E-state index in [1.807, 2.05) is 60.7 Å². The Bertz CT molecular complexity index is 558. The highest BCUT2D eigenvalue weighted by atomic mass is 19.1. The lowest BCUT2D eigenvalue weighted by Crippen LogP contribution is -2.36. The fourth-order valence-electron chi connectivity index (χ4n) is 2.06. The average molecular weight is 299 g/mol. The van der Waals surface area contributed by atoms with Crippen LogP contribution in [0.2, 0.25) is 0 Å². The van der Waals surface area contributed by atoms with E-state index in [-0.39, 0.29) is 13.0 Å². The lowest BCUT2D eigenvalue weighted by molar-refractivity contribution is -0.135. The van der Waals surface area contributed by atoms with Crippen LogP contribution in [0.25, 0.3) is 0 Å². The molecule has 2 aromatic rings. The highest BCUT2D eigenvalue weighted by Gasteiger charge is 2.25. The van der Waals surface area contributed by atoms with E-state index in [1.54, 1.807) is 0 Å². The van der Waals surface area contributed by atoms with E-state index in [4.69, 9.17) is 0 Å². The number of aryl methyl sites for hydroxylation is 1. The van der Waals surface area contributed by atoms with Gasteiger partial charge in [0.05, 0.1) is 0 Å². The van der Waals surface area contributed by atoms with Crippen molar-refractivity contribution in [2.45, 2.75) is 25.6 Å². The molecule has 0 aliphatic carbocycles. The van der Waals surface area contributed by atoms with Crippen LogP contribution in [0.5, 0.6) is 0 Å². The first-order valence-electron chi connectivity index (χ1n) is 7.19. The Hall–Kier alpha value is -2.49. The topological polar surface area (TPSA) is 46.2 Å². The molecule has 0 bridgehead atoms. The van der Waals surface area contributed by atoms with Crippen molar-refractivity contribution in [3.05, 3.63) is 71.8 Å². The number of nitrogens with one attached hydrogen (secondary N) is 1. The summed E-state index contributed by atoms with van der Waals surface area (Å²) in [6, 6.07) is 18.5. The smallest absolute Gasteiger partial charge is 0.262 e. The maximum absolute atomic E-state index is 13.8. The van der Waals surface area contributed by atoms with E-state index < -0.39 is 17.9 Å². The predicted molar refractivity (Wildman–Crippen MR) is 83.0 cm³/mol. The van der Waals surface area contributed by atoms with Gasteiger partial charge in [0, 0.05) is 13.0 Å². The molecule has 0 aromatic heterocycles. The number of Topliss-reactive ketones (excluding diaryl/α,β-unsaturated/α-hetero) is 1. The van der Waals surface area contributed by atoms with Crippen LogP contribution < -0.4 is 5.32 Å². The molecule has 0 heterocycles. The molecule has 0 saturated heterocycles. The van der Waals surface area contributed by atoms with E-state index in [0.29, 0.717) is 6.42 Å². The number of alkyl halides is 1. The molecule has 0 radical (unpaired) electrons. The number of carbonyl (C=O) groups excluding carboxylic acids is 2. The third-order valence-electron chi connectivity index (χ3n) is 3.33. The van der Waals surface area contributed by atoms with Crippen molar-refractivity contribution in [3.63, 3.8) is 0 Å². The van der Waals surface area contributed by atoms with Crippen molar-refractivity contribution in [2.24, 2.45) is 0 Å². The Labute approximate surface area is 129 Å². The summed E-state index contributed by atoms with van der Waals surface area (Å²) in [5.74, 6) is -1.56. The molecule has 2 rings (SSSR count). The summed E-state index contributed by atoms with van der Waals surface area (Å²) in [5.41, 5.74) is 1.81. The number of halogens is 1. The standard InChI is InChI=1S/C18H18FNO2/c19-17(16(21)12-11-14-7-3-1-4-8-14)18(22)20-13-15-9-5-2-6-10-15/h1-10,17H,11-13H2,(H,20,22)/t17-/m0/s1. The molecular formula is C18H18FNO2. The molecular weight excluding hydrogens is 281 g/mol. The van der Waals surface area contributed by atoms with Gasteiger partial charge in [0.25, 0.3) is 5.91 Å². The van der Waals surface area contributed by atoms with Crippen LogP contribution in [0.3, 0.4) is 0 Å². The van der Waals surface area contributed by atoms with Crippen LogP contribution in [-0.2, 0) is 22.6 Å². The van der Waals surface area contributed by atoms with Gasteiger partial charge in [-0.15, -0.1) is 0 Å². The zero-order chi connectivity index (χ0) is 15.8. The molecule has 0 fully saturated rings. The van der Waals surface area contributed by atoms with Crippen molar-refractivity contribution >= 4 is 11.7 Å². The first-order chi connectivity index (χ1) is 10.7. The highest BCUT2D eigenvalue weighted by molar-refractivity contribution is 6.04. The Morgan fingerprint density at radius 1 is 0.909 bits per heavy atom. The Kier molecular flexibility index (Phi) is 5.83. The molecule has 3 nitrogen and oxygen atoms in total. The third-order valence-corrected chi connectivity index (χ3v) is 3.33. The van der Waals surface area contributed by atoms with Crippen LogP contribution in [0.4, 0.5) is 4.39 Å². The molecule has 1 amide bonds. The van der Waals surface area contributed by atoms with Gasteiger partial charge in [0.15, 0.2) is 5.78 Å². The van der Waals surface area contributed by atoms with Crippen molar-refractivity contribution in [3.8, 4) is 0 Å². The quantitative estimate of drug-likeness (QED) is 0.799. The van der Waals surface area contributed by atoms with Crippen LogP contribution in [0.15, 0.2) is 60.7 Å². The fraction of sp³-hybridized carbons (Fsp3) is 0.222. The van der Waals surface area contributed by atoms with Gasteiger partial charge in [-0.1, -0.05) is 60.7 Å². The van der Waals surface area contributed by atoms with E-state index >= 15 is 0 Å². The molecule has 0 saturated carbocycles. The SMILES string of the molecule is O=C(CCc1ccccc1)[C@H](F)C(=O)NCc1ccccc1. The third kappa shape index (κ3) is 4.81. The van der Waals surface area contributed by atoms with Gasteiger partial charge < -0.3 is 5.32 Å². The number of hydrogen-bond donors (Lipinski definition) is 1. The predicted octanol–water partition coefficient (Wildman–Crippen LogP) is 2.84. The molecule has 0 aliphatic heterocycles. The van der Waals surface area contributed by atoms with Gasteiger partial charge in [-0.3, -0.25) is 9.59 Å². The molecule has 0 aliphatic rings. The first kappa shape index (κ1) is 15.9. The zero-order valence-electron chi connectivity index (χ0n) is 12.2. The van der Waals surface area contributed by atoms with Crippen molar-refractivity contribution in [1.82, 2.24) is 5.32 Å². The van der Waals surface area contributed by atoms with E-state index in [2.05, 4.69) is 5.32 Å². The maximum Gasteiger partial charge on any atom is 0.262 e. The molecule has 0 unspecified atom stereocenters. The van der Waals surface area contributed by atoms with E-state index in [0.717, 1.165) is 11.1 Å². The summed E-state index contributed by atoms with van der Waals surface area (Å²) in [6.07, 6.45) is -1.65. The molecule has 1 atom stereocenters. The number of rotatable bonds is 7. The lowest BCUT2D eigenvalue weighted by atomic mass is 10.1. The second-order valence-electron chi connectivity index (χ2n) is 5.02. The number of ketones is 1. The summed E-state index contributed by atoms with van der Waals surface area (Å²) in [5, 5.41) is 2.44. The molecule has 0 spiro atoms. The Balaban J connectivity index is 1.78. The van der Waals surface area contributed by atoms with Crippen LogP contribution >= 0.6 is 0 Å². The van der Waals surface area contributed by atoms with Gasteiger partial charge in [0.2, 0.25) is 6.17 Å². The first-order valence-corrected chi connectivity index (χ1v) is 7.19. The summed E-state index contributed by atoms with van der Waals surface area (Å²) in [4.78, 5) is 23.4. The summed E-state index contributed by atoms with van der Waals surface area (Å²) < 4.78 is 13.8. The van der Waals surface area contributed by atoms with Crippen molar-refractivity contribution < 1.29 is 14.0 Å². The minimum Gasteiger partial charge on any atom is -0.349 e. The molecule has 114 valence electrons. The normalized spacial score (nSPS) is 11.7. The second kappa shape index (κ2) is 8.08.